The van der Waals surface area contributed by atoms with Gasteiger partial charge in [0.1, 0.15) is 0 Å². The first-order valence-corrected chi connectivity index (χ1v) is 6.63. The summed E-state index contributed by atoms with van der Waals surface area (Å²) < 4.78 is 1.78. The Labute approximate surface area is 107 Å². The third-order valence-corrected chi connectivity index (χ3v) is 3.97. The molecule has 5 heteroatoms. The van der Waals surface area contributed by atoms with Crippen LogP contribution in [0.1, 0.15) is 25.0 Å². The van der Waals surface area contributed by atoms with E-state index in [-0.39, 0.29) is 11.3 Å². The van der Waals surface area contributed by atoms with Gasteiger partial charge < -0.3 is 5.32 Å². The van der Waals surface area contributed by atoms with Crippen molar-refractivity contribution < 1.29 is 4.79 Å². The molecule has 1 fully saturated rings. The van der Waals surface area contributed by atoms with Gasteiger partial charge >= 0.3 is 0 Å². The molecule has 1 aromatic heterocycles. The molecule has 1 aromatic rings. The monoisotopic (exact) mass is 253 g/mol. The zero-order valence-electron chi connectivity index (χ0n) is 10.1. The average molecular weight is 253 g/mol. The third-order valence-electron chi connectivity index (χ3n) is 3.30. The molecule has 0 bridgehead atoms. The second-order valence-electron chi connectivity index (χ2n) is 4.92. The Kier molecular flexibility index (Phi) is 3.76. The van der Waals surface area contributed by atoms with Crippen molar-refractivity contribution >= 4 is 18.5 Å². The van der Waals surface area contributed by atoms with E-state index < -0.39 is 0 Å². The first-order chi connectivity index (χ1) is 8.13. The normalized spacial score (nSPS) is 16.8. The van der Waals surface area contributed by atoms with Gasteiger partial charge in [-0.05, 0) is 30.1 Å². The first kappa shape index (κ1) is 12.5. The molecule has 0 radical (unpaired) electrons. The highest BCUT2D eigenvalue weighted by molar-refractivity contribution is 7.80. The molecule has 0 unspecified atom stereocenters. The minimum atomic E-state index is 0.146. The molecule has 1 aliphatic carbocycles. The fourth-order valence-corrected chi connectivity index (χ4v) is 2.33. The van der Waals surface area contributed by atoms with Crippen molar-refractivity contribution in [3.63, 3.8) is 0 Å². The molecule has 1 heterocycles. The topological polar surface area (TPSA) is 46.9 Å². The van der Waals surface area contributed by atoms with Crippen molar-refractivity contribution in [1.29, 1.82) is 0 Å². The third kappa shape index (κ3) is 3.49. The summed E-state index contributed by atoms with van der Waals surface area (Å²) in [4.78, 5) is 11.7. The van der Waals surface area contributed by atoms with Crippen LogP contribution in [0.25, 0.3) is 0 Å². The summed E-state index contributed by atoms with van der Waals surface area (Å²) in [5.41, 5.74) is 1.22. The van der Waals surface area contributed by atoms with Gasteiger partial charge in [-0.2, -0.15) is 17.7 Å². The Morgan fingerprint density at radius 3 is 2.94 bits per heavy atom. The Morgan fingerprint density at radius 2 is 2.41 bits per heavy atom. The van der Waals surface area contributed by atoms with Gasteiger partial charge in [0.2, 0.25) is 5.91 Å². The van der Waals surface area contributed by atoms with Crippen LogP contribution in [0.4, 0.5) is 0 Å². The second kappa shape index (κ2) is 5.12. The van der Waals surface area contributed by atoms with Crippen LogP contribution in [0.5, 0.6) is 0 Å². The van der Waals surface area contributed by atoms with Crippen LogP contribution >= 0.6 is 12.6 Å². The highest BCUT2D eigenvalue weighted by Crippen LogP contribution is 2.49. The van der Waals surface area contributed by atoms with Gasteiger partial charge in [-0.3, -0.25) is 9.48 Å². The van der Waals surface area contributed by atoms with Crippen molar-refractivity contribution in [2.75, 3.05) is 12.3 Å². The molecular weight excluding hydrogens is 234 g/mol. The maximum absolute atomic E-state index is 11.7. The van der Waals surface area contributed by atoms with Gasteiger partial charge in [0.15, 0.2) is 0 Å². The summed E-state index contributed by atoms with van der Waals surface area (Å²) in [5.74, 6) is 0.966. The molecule has 1 amide bonds. The first-order valence-electron chi connectivity index (χ1n) is 6.00. The smallest absolute Gasteiger partial charge is 0.220 e. The van der Waals surface area contributed by atoms with Gasteiger partial charge in [-0.15, -0.1) is 0 Å². The zero-order valence-corrected chi connectivity index (χ0v) is 11.0. The molecule has 0 aromatic carbocycles. The maximum Gasteiger partial charge on any atom is 0.220 e. The lowest BCUT2D eigenvalue weighted by Gasteiger charge is -2.11. The summed E-state index contributed by atoms with van der Waals surface area (Å²) in [6, 6.07) is 1.97. The molecule has 0 spiro atoms. The lowest BCUT2D eigenvalue weighted by atomic mass is 10.1. The highest BCUT2D eigenvalue weighted by Gasteiger charge is 2.42. The van der Waals surface area contributed by atoms with Gasteiger partial charge in [-0.25, -0.2) is 0 Å². The summed E-state index contributed by atoms with van der Waals surface area (Å²) >= 11 is 4.30. The van der Waals surface area contributed by atoms with E-state index in [1.165, 1.54) is 0 Å². The molecule has 1 N–H and O–H groups in total. The number of nitrogens with one attached hydrogen (secondary N) is 1. The van der Waals surface area contributed by atoms with Gasteiger partial charge in [0.05, 0.1) is 5.69 Å². The van der Waals surface area contributed by atoms with Gasteiger partial charge in [-0.1, -0.05) is 0 Å². The molecule has 94 valence electrons. The van der Waals surface area contributed by atoms with Crippen LogP contribution < -0.4 is 5.32 Å². The SMILES string of the molecule is Cn1ccc(CCNC(=O)CC2(CS)CC2)n1. The maximum atomic E-state index is 11.7. The number of carbonyl (C=O) groups is 1. The van der Waals surface area contributed by atoms with Crippen molar-refractivity contribution in [1.82, 2.24) is 15.1 Å². The number of hydrogen-bond donors (Lipinski definition) is 2. The number of nitrogens with zero attached hydrogens (tertiary/aromatic N) is 2. The lowest BCUT2D eigenvalue weighted by molar-refractivity contribution is -0.122. The van der Waals surface area contributed by atoms with E-state index in [9.17, 15) is 4.79 Å². The van der Waals surface area contributed by atoms with Gasteiger partial charge in [0, 0.05) is 32.6 Å². The Balaban J connectivity index is 1.66. The number of amides is 1. The van der Waals surface area contributed by atoms with Gasteiger partial charge in [0.25, 0.3) is 0 Å². The van der Waals surface area contributed by atoms with E-state index in [2.05, 4.69) is 23.0 Å². The van der Waals surface area contributed by atoms with E-state index in [1.807, 2.05) is 19.3 Å². The van der Waals surface area contributed by atoms with Crippen LogP contribution in [0.3, 0.4) is 0 Å². The lowest BCUT2D eigenvalue weighted by Crippen LogP contribution is -2.28. The molecule has 2 rings (SSSR count). The van der Waals surface area contributed by atoms with Crippen LogP contribution in [-0.4, -0.2) is 28.0 Å². The van der Waals surface area contributed by atoms with E-state index >= 15 is 0 Å². The number of hydrogen-bond acceptors (Lipinski definition) is 3. The zero-order chi connectivity index (χ0) is 12.3. The molecular formula is C12H19N3OS. The largest absolute Gasteiger partial charge is 0.356 e. The van der Waals surface area contributed by atoms with Crippen LogP contribution in [0, 0.1) is 5.41 Å². The predicted molar refractivity (Wildman–Crippen MR) is 70.1 cm³/mol. The molecule has 0 atom stereocenters. The molecule has 0 saturated heterocycles. The summed E-state index contributed by atoms with van der Waals surface area (Å²) in [6.45, 7) is 0.665. The summed E-state index contributed by atoms with van der Waals surface area (Å²) in [5, 5.41) is 7.21. The standard InChI is InChI=1S/C12H19N3OS/c1-15-7-3-10(14-15)2-6-13-11(16)8-12(9-17)4-5-12/h3,7,17H,2,4-6,8-9H2,1H3,(H,13,16). The van der Waals surface area contributed by atoms with Crippen LogP contribution in [-0.2, 0) is 18.3 Å². The predicted octanol–water partition coefficient (Wildman–Crippen LogP) is 1.18. The number of aromatic nitrogens is 2. The number of rotatable bonds is 6. The number of aryl methyl sites for hydroxylation is 1. The van der Waals surface area contributed by atoms with Crippen LogP contribution in [0.15, 0.2) is 12.3 Å². The quantitative estimate of drug-likeness (QED) is 0.748. The number of carbonyl (C=O) groups excluding carboxylic acids is 1. The second-order valence-corrected chi connectivity index (χ2v) is 5.23. The van der Waals surface area contributed by atoms with E-state index in [1.54, 1.807) is 4.68 Å². The highest BCUT2D eigenvalue weighted by atomic mass is 32.1. The van der Waals surface area contributed by atoms with E-state index in [4.69, 9.17) is 0 Å². The minimum Gasteiger partial charge on any atom is -0.356 e. The molecule has 0 aliphatic heterocycles. The molecule has 17 heavy (non-hydrogen) atoms. The fraction of sp³-hybridized carbons (Fsp3) is 0.667. The van der Waals surface area contributed by atoms with E-state index in [0.29, 0.717) is 13.0 Å². The fourth-order valence-electron chi connectivity index (χ4n) is 1.90. The van der Waals surface area contributed by atoms with Crippen molar-refractivity contribution in [2.24, 2.45) is 12.5 Å². The molecule has 1 aliphatic rings. The van der Waals surface area contributed by atoms with Crippen LogP contribution in [0.2, 0.25) is 0 Å². The minimum absolute atomic E-state index is 0.146. The van der Waals surface area contributed by atoms with Crippen molar-refractivity contribution in [3.05, 3.63) is 18.0 Å². The number of thiol groups is 1. The Morgan fingerprint density at radius 1 is 1.65 bits per heavy atom. The Bertz CT molecular complexity index is 398. The Hall–Kier alpha value is -0.970. The molecule has 1 saturated carbocycles. The average Bonchev–Trinajstić information content (AvgIpc) is 2.95. The van der Waals surface area contributed by atoms with Crippen molar-refractivity contribution in [2.45, 2.75) is 25.7 Å². The van der Waals surface area contributed by atoms with E-state index in [0.717, 1.165) is 30.7 Å². The molecule has 4 nitrogen and oxygen atoms in total. The van der Waals surface area contributed by atoms with Crippen molar-refractivity contribution in [3.8, 4) is 0 Å². The summed E-state index contributed by atoms with van der Waals surface area (Å²) in [7, 11) is 1.89. The summed E-state index contributed by atoms with van der Waals surface area (Å²) in [6.07, 6.45) is 5.62.